The SMILES string of the molecule is CCOC(=O)CN(Cc1ccccc1)S(=O)(=O)c1cc(Br)ccc1OC. The smallest absolute Gasteiger partial charge is 0.321 e. The molecule has 0 atom stereocenters. The second-order valence-corrected chi connectivity index (χ2v) is 8.18. The van der Waals surface area contributed by atoms with E-state index in [1.165, 1.54) is 13.2 Å². The molecule has 2 aromatic carbocycles. The second kappa shape index (κ2) is 9.16. The number of nitrogens with zero attached hydrogens (tertiary/aromatic N) is 1. The van der Waals surface area contributed by atoms with Crippen LogP contribution in [0.1, 0.15) is 12.5 Å². The summed E-state index contributed by atoms with van der Waals surface area (Å²) in [6.07, 6.45) is 0. The zero-order chi connectivity index (χ0) is 19.2. The van der Waals surface area contributed by atoms with Crippen molar-refractivity contribution in [2.75, 3.05) is 20.3 Å². The molecule has 0 fully saturated rings. The highest BCUT2D eigenvalue weighted by molar-refractivity contribution is 9.10. The van der Waals surface area contributed by atoms with Gasteiger partial charge in [0.25, 0.3) is 0 Å². The predicted molar refractivity (Wildman–Crippen MR) is 101 cm³/mol. The molecule has 8 heteroatoms. The van der Waals surface area contributed by atoms with Gasteiger partial charge in [-0.1, -0.05) is 46.3 Å². The predicted octanol–water partition coefficient (Wildman–Crippen LogP) is 3.21. The minimum absolute atomic E-state index is 0.0189. The number of rotatable bonds is 8. The maximum Gasteiger partial charge on any atom is 0.321 e. The van der Waals surface area contributed by atoms with E-state index in [0.717, 1.165) is 9.87 Å². The molecule has 0 radical (unpaired) electrons. The van der Waals surface area contributed by atoms with Gasteiger partial charge in [0, 0.05) is 11.0 Å². The molecule has 0 bridgehead atoms. The summed E-state index contributed by atoms with van der Waals surface area (Å²) in [6.45, 7) is 1.50. The minimum Gasteiger partial charge on any atom is -0.495 e. The molecule has 0 aliphatic heterocycles. The number of methoxy groups -OCH3 is 1. The first-order valence-corrected chi connectivity index (χ1v) is 10.1. The highest BCUT2D eigenvalue weighted by Gasteiger charge is 2.30. The number of sulfonamides is 1. The standard InChI is InChI=1S/C18H20BrNO5S/c1-3-25-18(21)13-20(12-14-7-5-4-6-8-14)26(22,23)17-11-15(19)9-10-16(17)24-2/h4-11H,3,12-13H2,1-2H3. The van der Waals surface area contributed by atoms with Crippen LogP contribution in [0, 0.1) is 0 Å². The Balaban J connectivity index is 2.45. The van der Waals surface area contributed by atoms with E-state index >= 15 is 0 Å². The van der Waals surface area contributed by atoms with Crippen molar-refractivity contribution in [3.63, 3.8) is 0 Å². The Kier molecular flexibility index (Phi) is 7.19. The van der Waals surface area contributed by atoms with Gasteiger partial charge in [-0.3, -0.25) is 4.79 Å². The van der Waals surface area contributed by atoms with Crippen LogP contribution in [0.4, 0.5) is 0 Å². The van der Waals surface area contributed by atoms with E-state index in [0.29, 0.717) is 4.47 Å². The summed E-state index contributed by atoms with van der Waals surface area (Å²) in [5, 5.41) is 0. The molecule has 0 spiro atoms. The van der Waals surface area contributed by atoms with Gasteiger partial charge in [0.15, 0.2) is 0 Å². The lowest BCUT2D eigenvalue weighted by Gasteiger charge is -2.22. The Morgan fingerprint density at radius 2 is 1.85 bits per heavy atom. The fourth-order valence-electron chi connectivity index (χ4n) is 2.35. The number of ether oxygens (including phenoxy) is 2. The first-order valence-electron chi connectivity index (χ1n) is 7.91. The highest BCUT2D eigenvalue weighted by atomic mass is 79.9. The number of esters is 1. The molecule has 0 aliphatic rings. The Morgan fingerprint density at radius 1 is 1.15 bits per heavy atom. The number of carbonyl (C=O) groups excluding carboxylic acids is 1. The summed E-state index contributed by atoms with van der Waals surface area (Å²) < 4.78 is 38.3. The number of carbonyl (C=O) groups is 1. The molecule has 2 rings (SSSR count). The monoisotopic (exact) mass is 441 g/mol. The third-order valence-corrected chi connectivity index (χ3v) is 5.86. The van der Waals surface area contributed by atoms with Crippen LogP contribution in [0.15, 0.2) is 57.9 Å². The molecule has 6 nitrogen and oxygen atoms in total. The lowest BCUT2D eigenvalue weighted by Crippen LogP contribution is -2.36. The average Bonchev–Trinajstić information content (AvgIpc) is 2.62. The lowest BCUT2D eigenvalue weighted by atomic mass is 10.2. The summed E-state index contributed by atoms with van der Waals surface area (Å²) in [7, 11) is -2.60. The molecule has 26 heavy (non-hydrogen) atoms. The van der Waals surface area contributed by atoms with Gasteiger partial charge in [-0.2, -0.15) is 4.31 Å². The molecule has 0 aromatic heterocycles. The normalized spacial score (nSPS) is 11.4. The molecule has 0 aliphatic carbocycles. The van der Waals surface area contributed by atoms with Gasteiger partial charge in [0.1, 0.15) is 17.2 Å². The number of benzene rings is 2. The van der Waals surface area contributed by atoms with Crippen LogP contribution in [0.3, 0.4) is 0 Å². The van der Waals surface area contributed by atoms with Gasteiger partial charge in [-0.05, 0) is 30.7 Å². The number of hydrogen-bond donors (Lipinski definition) is 0. The Hall–Kier alpha value is -1.90. The van der Waals surface area contributed by atoms with Crippen molar-refractivity contribution in [2.45, 2.75) is 18.4 Å². The zero-order valence-corrected chi connectivity index (χ0v) is 16.9. The third kappa shape index (κ3) is 5.06. The van der Waals surface area contributed by atoms with Crippen molar-refractivity contribution < 1.29 is 22.7 Å². The van der Waals surface area contributed by atoms with Crippen LogP contribution in [0.5, 0.6) is 5.75 Å². The Morgan fingerprint density at radius 3 is 2.46 bits per heavy atom. The fraction of sp³-hybridized carbons (Fsp3) is 0.278. The molecule has 140 valence electrons. The Bertz CT molecular complexity index is 855. The molecule has 0 amide bonds. The molecule has 0 saturated heterocycles. The largest absolute Gasteiger partial charge is 0.495 e. The third-order valence-electron chi connectivity index (χ3n) is 3.56. The summed E-state index contributed by atoms with van der Waals surface area (Å²) >= 11 is 3.28. The van der Waals surface area contributed by atoms with Gasteiger partial charge in [-0.15, -0.1) is 0 Å². The topological polar surface area (TPSA) is 72.9 Å². The molecular weight excluding hydrogens is 422 g/mol. The number of halogens is 1. The summed E-state index contributed by atoms with van der Waals surface area (Å²) in [5.74, 6) is -0.406. The van der Waals surface area contributed by atoms with Crippen LogP contribution in [-0.4, -0.2) is 39.0 Å². The van der Waals surface area contributed by atoms with E-state index in [1.807, 2.05) is 18.2 Å². The van der Waals surface area contributed by atoms with Crippen molar-refractivity contribution in [3.8, 4) is 5.75 Å². The van der Waals surface area contributed by atoms with Crippen molar-refractivity contribution in [1.29, 1.82) is 0 Å². The van der Waals surface area contributed by atoms with Crippen LogP contribution >= 0.6 is 15.9 Å². The maximum absolute atomic E-state index is 13.2. The van der Waals surface area contributed by atoms with E-state index in [1.54, 1.807) is 31.2 Å². The first kappa shape index (κ1) is 20.4. The quantitative estimate of drug-likeness (QED) is 0.588. The number of hydrogen-bond acceptors (Lipinski definition) is 5. The fourth-order valence-corrected chi connectivity index (χ4v) is 4.42. The zero-order valence-electron chi connectivity index (χ0n) is 14.5. The van der Waals surface area contributed by atoms with E-state index in [9.17, 15) is 13.2 Å². The molecular formula is C18H20BrNO5S. The summed E-state index contributed by atoms with van der Waals surface area (Å²) in [5.41, 5.74) is 0.759. The summed E-state index contributed by atoms with van der Waals surface area (Å²) in [6, 6.07) is 13.8. The van der Waals surface area contributed by atoms with E-state index in [-0.39, 0.29) is 30.3 Å². The maximum atomic E-state index is 13.2. The Labute approximate surface area is 161 Å². The minimum atomic E-state index is -4.00. The average molecular weight is 442 g/mol. The highest BCUT2D eigenvalue weighted by Crippen LogP contribution is 2.30. The second-order valence-electron chi connectivity index (χ2n) is 5.36. The molecule has 0 saturated carbocycles. The van der Waals surface area contributed by atoms with Gasteiger partial charge in [0.2, 0.25) is 10.0 Å². The molecule has 0 heterocycles. The lowest BCUT2D eigenvalue weighted by molar-refractivity contribution is -0.143. The van der Waals surface area contributed by atoms with Gasteiger partial charge in [-0.25, -0.2) is 8.42 Å². The van der Waals surface area contributed by atoms with Crippen molar-refractivity contribution in [2.24, 2.45) is 0 Å². The van der Waals surface area contributed by atoms with Crippen molar-refractivity contribution in [3.05, 3.63) is 58.6 Å². The van der Waals surface area contributed by atoms with Crippen molar-refractivity contribution >= 4 is 31.9 Å². The van der Waals surface area contributed by atoms with Gasteiger partial charge in [0.05, 0.1) is 13.7 Å². The van der Waals surface area contributed by atoms with Crippen LogP contribution in [0.25, 0.3) is 0 Å². The van der Waals surface area contributed by atoms with Crippen LogP contribution in [-0.2, 0) is 26.1 Å². The van der Waals surface area contributed by atoms with Gasteiger partial charge < -0.3 is 9.47 Å². The molecule has 0 unspecified atom stereocenters. The van der Waals surface area contributed by atoms with Crippen molar-refractivity contribution in [1.82, 2.24) is 4.31 Å². The molecule has 0 N–H and O–H groups in total. The summed E-state index contributed by atoms with van der Waals surface area (Å²) in [4.78, 5) is 12.0. The van der Waals surface area contributed by atoms with E-state index in [4.69, 9.17) is 9.47 Å². The first-order chi connectivity index (χ1) is 12.4. The van der Waals surface area contributed by atoms with Crippen LogP contribution in [0.2, 0.25) is 0 Å². The van der Waals surface area contributed by atoms with E-state index < -0.39 is 16.0 Å². The van der Waals surface area contributed by atoms with E-state index in [2.05, 4.69) is 15.9 Å². The van der Waals surface area contributed by atoms with Crippen LogP contribution < -0.4 is 4.74 Å². The van der Waals surface area contributed by atoms with Gasteiger partial charge >= 0.3 is 5.97 Å². The molecule has 2 aromatic rings.